The molecular formula is C10H11FO4S. The monoisotopic (exact) mass is 246 g/mol. The molecule has 0 unspecified atom stereocenters. The van der Waals surface area contributed by atoms with Crippen molar-refractivity contribution in [3.63, 3.8) is 0 Å². The lowest BCUT2D eigenvalue weighted by atomic mass is 10.1. The smallest absolute Gasteiger partial charge is 0.302 e. The van der Waals surface area contributed by atoms with Crippen LogP contribution in [0.2, 0.25) is 0 Å². The number of carbonyl (C=O) groups excluding carboxylic acids is 1. The second-order valence-corrected chi connectivity index (χ2v) is 4.18. The highest BCUT2D eigenvalue weighted by molar-refractivity contribution is 7.71. The van der Waals surface area contributed by atoms with Gasteiger partial charge in [-0.25, -0.2) is 12.8 Å². The number of hydrogen-bond donors (Lipinski definition) is 1. The minimum atomic E-state index is -2.67. The van der Waals surface area contributed by atoms with Crippen molar-refractivity contribution >= 4 is 16.7 Å². The molecule has 0 N–H and O–H groups in total. The second-order valence-electron chi connectivity index (χ2n) is 3.20. The summed E-state index contributed by atoms with van der Waals surface area (Å²) in [6, 6.07) is 3.98. The van der Waals surface area contributed by atoms with Crippen molar-refractivity contribution in [2.75, 3.05) is 0 Å². The van der Waals surface area contributed by atoms with Gasteiger partial charge in [0.05, 0.1) is 5.75 Å². The molecule has 1 rings (SSSR count). The highest BCUT2D eigenvalue weighted by Gasteiger charge is 2.05. The van der Waals surface area contributed by atoms with Gasteiger partial charge in [0, 0.05) is 12.5 Å². The molecule has 0 amide bonds. The molecule has 0 aromatic heterocycles. The number of halogens is 1. The summed E-state index contributed by atoms with van der Waals surface area (Å²) in [5.41, 5.74) is 0.643. The number of esters is 1. The Morgan fingerprint density at radius 2 is 2.12 bits per heavy atom. The van der Waals surface area contributed by atoms with Gasteiger partial charge in [-0.2, -0.15) is 0 Å². The first-order chi connectivity index (χ1) is 7.49. The highest BCUT2D eigenvalue weighted by Crippen LogP contribution is 2.12. The predicted octanol–water partition coefficient (Wildman–Crippen LogP) is 1.00. The molecule has 1 aromatic carbocycles. The minimum absolute atomic E-state index is 0.0122. The van der Waals surface area contributed by atoms with Crippen molar-refractivity contribution in [1.29, 1.82) is 0 Å². The first-order valence-electron chi connectivity index (χ1n) is 4.51. The fraction of sp³-hybridized carbons (Fsp3) is 0.300. The van der Waals surface area contributed by atoms with Gasteiger partial charge in [0.15, 0.2) is 0 Å². The summed E-state index contributed by atoms with van der Waals surface area (Å²) in [5.74, 6) is -1.37. The van der Waals surface area contributed by atoms with E-state index in [0.717, 1.165) is 6.07 Å². The summed E-state index contributed by atoms with van der Waals surface area (Å²) < 4.78 is 38.8. The second kappa shape index (κ2) is 5.60. The van der Waals surface area contributed by atoms with Crippen LogP contribution >= 0.6 is 0 Å². The number of hydrogen-bond acceptors (Lipinski definition) is 4. The first kappa shape index (κ1) is 12.6. The Kier molecular flexibility index (Phi) is 4.42. The molecule has 0 radical (unpaired) electrons. The van der Waals surface area contributed by atoms with Crippen LogP contribution in [0.3, 0.4) is 0 Å². The van der Waals surface area contributed by atoms with Crippen molar-refractivity contribution in [3.8, 4) is 0 Å². The van der Waals surface area contributed by atoms with Crippen molar-refractivity contribution in [2.24, 2.45) is 0 Å². The zero-order valence-electron chi connectivity index (χ0n) is 8.60. The molecule has 6 heteroatoms. The Bertz CT molecular complexity index is 460. The molecule has 4 nitrogen and oxygen atoms in total. The van der Waals surface area contributed by atoms with Crippen LogP contribution in [0.5, 0.6) is 0 Å². The van der Waals surface area contributed by atoms with Gasteiger partial charge in [0.1, 0.15) is 23.1 Å². The van der Waals surface area contributed by atoms with Gasteiger partial charge in [-0.1, -0.05) is 6.07 Å². The van der Waals surface area contributed by atoms with Gasteiger partial charge in [0.2, 0.25) is 0 Å². The molecular weight excluding hydrogens is 235 g/mol. The van der Waals surface area contributed by atoms with Crippen LogP contribution in [0.4, 0.5) is 4.39 Å². The summed E-state index contributed by atoms with van der Waals surface area (Å²) in [5, 5.41) is 0. The molecule has 0 aliphatic heterocycles. The van der Waals surface area contributed by atoms with Gasteiger partial charge in [0.25, 0.3) is 0 Å². The summed E-state index contributed by atoms with van der Waals surface area (Å²) in [6.45, 7) is 1.28. The SMILES string of the molecule is CC(=O)OCc1ccc(F)c(C[SH](=O)=O)c1. The molecule has 0 saturated heterocycles. The van der Waals surface area contributed by atoms with Crippen molar-refractivity contribution < 1.29 is 22.3 Å². The van der Waals surface area contributed by atoms with Crippen LogP contribution in [0.1, 0.15) is 18.1 Å². The Morgan fingerprint density at radius 1 is 1.44 bits per heavy atom. The lowest BCUT2D eigenvalue weighted by molar-refractivity contribution is -0.142. The molecule has 0 fully saturated rings. The zero-order chi connectivity index (χ0) is 12.1. The molecule has 88 valence electrons. The van der Waals surface area contributed by atoms with Crippen LogP contribution in [0.25, 0.3) is 0 Å². The number of thiol groups is 1. The molecule has 0 bridgehead atoms. The lowest BCUT2D eigenvalue weighted by Crippen LogP contribution is -2.00. The molecule has 1 aromatic rings. The van der Waals surface area contributed by atoms with Crippen LogP contribution < -0.4 is 0 Å². The molecule has 0 spiro atoms. The maximum absolute atomic E-state index is 13.2. The van der Waals surface area contributed by atoms with E-state index in [1.54, 1.807) is 0 Å². The first-order valence-corrected chi connectivity index (χ1v) is 5.88. The normalized spacial score (nSPS) is 10.4. The number of carbonyl (C=O) groups is 1. The lowest BCUT2D eigenvalue weighted by Gasteiger charge is -2.04. The Balaban J connectivity index is 2.84. The van der Waals surface area contributed by atoms with E-state index in [0.29, 0.717) is 5.56 Å². The molecule has 0 saturated carbocycles. The summed E-state index contributed by atoms with van der Waals surface area (Å²) in [6.07, 6.45) is 0. The Hall–Kier alpha value is -1.43. The van der Waals surface area contributed by atoms with E-state index in [2.05, 4.69) is 0 Å². The molecule has 0 aliphatic rings. The standard InChI is InChI=1S/C10H11FO4S/c1-7(12)15-5-8-2-3-10(11)9(4-8)6-16(13)14/h2-4,16H,5-6H2,1H3. The van der Waals surface area contributed by atoms with Gasteiger partial charge in [-0.3, -0.25) is 4.79 Å². The average Bonchev–Trinajstić information content (AvgIpc) is 2.18. The Morgan fingerprint density at radius 3 is 2.69 bits per heavy atom. The quantitative estimate of drug-likeness (QED) is 0.636. The van der Waals surface area contributed by atoms with Crippen molar-refractivity contribution in [2.45, 2.75) is 19.3 Å². The zero-order valence-corrected chi connectivity index (χ0v) is 9.50. The molecule has 0 heterocycles. The highest BCUT2D eigenvalue weighted by atomic mass is 32.2. The van der Waals surface area contributed by atoms with Crippen LogP contribution in [-0.4, -0.2) is 14.4 Å². The molecule has 16 heavy (non-hydrogen) atoms. The van der Waals surface area contributed by atoms with Gasteiger partial charge in [-0.05, 0) is 17.7 Å². The maximum atomic E-state index is 13.2. The topological polar surface area (TPSA) is 60.4 Å². The van der Waals surface area contributed by atoms with Crippen molar-refractivity contribution in [3.05, 3.63) is 35.1 Å². The van der Waals surface area contributed by atoms with Crippen LogP contribution in [0.15, 0.2) is 18.2 Å². The number of benzene rings is 1. The largest absolute Gasteiger partial charge is 0.461 e. The molecule has 0 atom stereocenters. The van der Waals surface area contributed by atoms with E-state index in [1.807, 2.05) is 0 Å². The molecule has 0 aliphatic carbocycles. The fourth-order valence-electron chi connectivity index (χ4n) is 1.16. The van der Waals surface area contributed by atoms with E-state index in [-0.39, 0.29) is 17.9 Å². The average molecular weight is 246 g/mol. The van der Waals surface area contributed by atoms with Crippen molar-refractivity contribution in [1.82, 2.24) is 0 Å². The minimum Gasteiger partial charge on any atom is -0.461 e. The number of ether oxygens (including phenoxy) is 1. The van der Waals surface area contributed by atoms with Gasteiger partial charge < -0.3 is 4.74 Å². The van der Waals surface area contributed by atoms with E-state index in [1.165, 1.54) is 19.1 Å². The predicted molar refractivity (Wildman–Crippen MR) is 55.9 cm³/mol. The van der Waals surface area contributed by atoms with E-state index in [4.69, 9.17) is 4.74 Å². The third kappa shape index (κ3) is 3.98. The Labute approximate surface area is 94.0 Å². The van der Waals surface area contributed by atoms with Crippen LogP contribution in [0, 0.1) is 5.82 Å². The van der Waals surface area contributed by atoms with Crippen LogP contribution in [-0.2, 0) is 32.6 Å². The van der Waals surface area contributed by atoms with Gasteiger partial charge in [-0.15, -0.1) is 0 Å². The summed E-state index contributed by atoms with van der Waals surface area (Å²) in [7, 11) is -2.67. The van der Waals surface area contributed by atoms with E-state index in [9.17, 15) is 17.6 Å². The maximum Gasteiger partial charge on any atom is 0.302 e. The number of rotatable bonds is 4. The van der Waals surface area contributed by atoms with E-state index >= 15 is 0 Å². The summed E-state index contributed by atoms with van der Waals surface area (Å²) >= 11 is 0. The fourth-order valence-corrected chi connectivity index (χ4v) is 1.68. The van der Waals surface area contributed by atoms with E-state index < -0.39 is 22.5 Å². The van der Waals surface area contributed by atoms with Gasteiger partial charge >= 0.3 is 5.97 Å². The third-order valence-electron chi connectivity index (χ3n) is 1.85. The summed E-state index contributed by atoms with van der Waals surface area (Å²) in [4.78, 5) is 10.6. The third-order valence-corrected chi connectivity index (χ3v) is 2.45.